The molecule has 0 bridgehead atoms. The van der Waals surface area contributed by atoms with E-state index >= 15 is 0 Å². The summed E-state index contributed by atoms with van der Waals surface area (Å²) >= 11 is 9.47. The van der Waals surface area contributed by atoms with Gasteiger partial charge in [-0.2, -0.15) is 0 Å². The predicted molar refractivity (Wildman–Crippen MR) is 73.8 cm³/mol. The summed E-state index contributed by atoms with van der Waals surface area (Å²) in [6.07, 6.45) is 0. The van der Waals surface area contributed by atoms with Crippen LogP contribution in [0.4, 0.5) is 5.69 Å². The molecule has 0 spiro atoms. The Morgan fingerprint density at radius 1 is 1.44 bits per heavy atom. The number of rotatable bonds is 1. The van der Waals surface area contributed by atoms with Crippen molar-refractivity contribution in [3.05, 3.63) is 27.2 Å². The molecule has 1 aromatic carbocycles. The largest absolute Gasteiger partial charge is 0.343 e. The van der Waals surface area contributed by atoms with Crippen molar-refractivity contribution in [1.82, 2.24) is 5.32 Å². The standard InChI is InChI=1S/C12H12BrClN2O2/c1-6-3-8(13)10(4-9(6)14)16-5-11(17)15-7(2)12(16)18/h3-4,7H,5H2,1-2H3,(H,15,17). The highest BCUT2D eigenvalue weighted by Gasteiger charge is 2.31. The fourth-order valence-corrected chi connectivity index (χ4v) is 2.68. The summed E-state index contributed by atoms with van der Waals surface area (Å²) in [7, 11) is 0. The summed E-state index contributed by atoms with van der Waals surface area (Å²) in [5, 5.41) is 3.16. The van der Waals surface area contributed by atoms with Gasteiger partial charge in [0.05, 0.1) is 5.69 Å². The van der Waals surface area contributed by atoms with Crippen molar-refractivity contribution in [2.24, 2.45) is 0 Å². The number of hydrogen-bond donors (Lipinski definition) is 1. The molecular weight excluding hydrogens is 320 g/mol. The van der Waals surface area contributed by atoms with Crippen molar-refractivity contribution in [2.45, 2.75) is 19.9 Å². The fraction of sp³-hybridized carbons (Fsp3) is 0.333. The van der Waals surface area contributed by atoms with E-state index in [0.29, 0.717) is 10.7 Å². The van der Waals surface area contributed by atoms with Gasteiger partial charge in [-0.3, -0.25) is 9.59 Å². The number of carbonyl (C=O) groups excluding carboxylic acids is 2. The van der Waals surface area contributed by atoms with Gasteiger partial charge in [-0.25, -0.2) is 0 Å². The minimum absolute atomic E-state index is 0.0150. The normalized spacial score (nSPS) is 20.0. The van der Waals surface area contributed by atoms with Crippen LogP contribution in [-0.4, -0.2) is 24.4 Å². The topological polar surface area (TPSA) is 49.4 Å². The van der Waals surface area contributed by atoms with E-state index in [9.17, 15) is 9.59 Å². The zero-order chi connectivity index (χ0) is 13.4. The molecule has 6 heteroatoms. The maximum atomic E-state index is 12.1. The third-order valence-electron chi connectivity index (χ3n) is 2.83. The SMILES string of the molecule is Cc1cc(Br)c(N2CC(=O)NC(C)C2=O)cc1Cl. The van der Waals surface area contributed by atoms with Gasteiger partial charge in [0.1, 0.15) is 12.6 Å². The maximum Gasteiger partial charge on any atom is 0.249 e. The Bertz CT molecular complexity index is 533. The van der Waals surface area contributed by atoms with Gasteiger partial charge in [-0.05, 0) is 47.5 Å². The molecule has 1 aliphatic rings. The second kappa shape index (κ2) is 4.90. The molecule has 1 atom stereocenters. The van der Waals surface area contributed by atoms with Crippen LogP contribution in [0.5, 0.6) is 0 Å². The van der Waals surface area contributed by atoms with E-state index in [1.165, 1.54) is 4.90 Å². The van der Waals surface area contributed by atoms with E-state index in [2.05, 4.69) is 21.2 Å². The Morgan fingerprint density at radius 2 is 2.11 bits per heavy atom. The van der Waals surface area contributed by atoms with Crippen molar-refractivity contribution in [3.8, 4) is 0 Å². The summed E-state index contributed by atoms with van der Waals surface area (Å²) in [6.45, 7) is 3.56. The highest BCUT2D eigenvalue weighted by Crippen LogP contribution is 2.32. The molecule has 4 nitrogen and oxygen atoms in total. The van der Waals surface area contributed by atoms with Crippen molar-refractivity contribution in [2.75, 3.05) is 11.4 Å². The molecule has 1 aromatic rings. The molecule has 0 aliphatic carbocycles. The van der Waals surface area contributed by atoms with Crippen LogP contribution in [-0.2, 0) is 9.59 Å². The molecular formula is C12H12BrClN2O2. The zero-order valence-electron chi connectivity index (χ0n) is 9.96. The minimum atomic E-state index is -0.516. The Labute approximate surface area is 118 Å². The van der Waals surface area contributed by atoms with Crippen LogP contribution in [0.1, 0.15) is 12.5 Å². The third kappa shape index (κ3) is 2.37. The van der Waals surface area contributed by atoms with Gasteiger partial charge in [0, 0.05) is 9.50 Å². The maximum absolute atomic E-state index is 12.1. The number of piperazine rings is 1. The van der Waals surface area contributed by atoms with Crippen molar-refractivity contribution in [1.29, 1.82) is 0 Å². The number of hydrogen-bond acceptors (Lipinski definition) is 2. The molecule has 1 fully saturated rings. The molecule has 1 heterocycles. The molecule has 1 aliphatic heterocycles. The van der Waals surface area contributed by atoms with Crippen molar-refractivity contribution in [3.63, 3.8) is 0 Å². The third-order valence-corrected chi connectivity index (χ3v) is 3.88. The number of halogens is 2. The highest BCUT2D eigenvalue weighted by atomic mass is 79.9. The lowest BCUT2D eigenvalue weighted by molar-refractivity contribution is -0.130. The molecule has 18 heavy (non-hydrogen) atoms. The fourth-order valence-electron chi connectivity index (χ4n) is 1.85. The van der Waals surface area contributed by atoms with Crippen LogP contribution < -0.4 is 10.2 Å². The zero-order valence-corrected chi connectivity index (χ0v) is 12.3. The Morgan fingerprint density at radius 3 is 2.78 bits per heavy atom. The van der Waals surface area contributed by atoms with Crippen LogP contribution in [0.15, 0.2) is 16.6 Å². The smallest absolute Gasteiger partial charge is 0.249 e. The van der Waals surface area contributed by atoms with E-state index in [1.54, 1.807) is 13.0 Å². The average Bonchev–Trinajstić information content (AvgIpc) is 2.29. The Kier molecular flexibility index (Phi) is 3.64. The molecule has 96 valence electrons. The Hall–Kier alpha value is -1.07. The van der Waals surface area contributed by atoms with E-state index in [0.717, 1.165) is 10.0 Å². The predicted octanol–water partition coefficient (Wildman–Crippen LogP) is 2.26. The van der Waals surface area contributed by atoms with Crippen LogP contribution in [0.3, 0.4) is 0 Å². The lowest BCUT2D eigenvalue weighted by atomic mass is 10.1. The van der Waals surface area contributed by atoms with Crippen molar-refractivity contribution >= 4 is 45.0 Å². The van der Waals surface area contributed by atoms with Crippen LogP contribution in [0.25, 0.3) is 0 Å². The monoisotopic (exact) mass is 330 g/mol. The van der Waals surface area contributed by atoms with Gasteiger partial charge in [0.15, 0.2) is 0 Å². The van der Waals surface area contributed by atoms with Gasteiger partial charge in [-0.15, -0.1) is 0 Å². The first-order valence-electron chi connectivity index (χ1n) is 5.46. The van der Waals surface area contributed by atoms with E-state index < -0.39 is 6.04 Å². The first-order valence-corrected chi connectivity index (χ1v) is 6.63. The lowest BCUT2D eigenvalue weighted by Gasteiger charge is -2.31. The van der Waals surface area contributed by atoms with E-state index in [1.807, 2.05) is 13.0 Å². The molecule has 2 rings (SSSR count). The lowest BCUT2D eigenvalue weighted by Crippen LogP contribution is -2.57. The van der Waals surface area contributed by atoms with E-state index in [-0.39, 0.29) is 18.4 Å². The molecule has 1 saturated heterocycles. The number of carbonyl (C=O) groups is 2. The van der Waals surface area contributed by atoms with Gasteiger partial charge >= 0.3 is 0 Å². The average molecular weight is 332 g/mol. The summed E-state index contributed by atoms with van der Waals surface area (Å²) in [6, 6.07) is 3.02. The first-order chi connectivity index (χ1) is 8.40. The highest BCUT2D eigenvalue weighted by molar-refractivity contribution is 9.10. The van der Waals surface area contributed by atoms with Crippen LogP contribution in [0.2, 0.25) is 5.02 Å². The number of amides is 2. The molecule has 1 N–H and O–H groups in total. The molecule has 1 unspecified atom stereocenters. The summed E-state index contributed by atoms with van der Waals surface area (Å²) in [4.78, 5) is 25.0. The molecule has 0 aromatic heterocycles. The van der Waals surface area contributed by atoms with Crippen molar-refractivity contribution < 1.29 is 9.59 Å². The minimum Gasteiger partial charge on any atom is -0.343 e. The van der Waals surface area contributed by atoms with Crippen LogP contribution >= 0.6 is 27.5 Å². The molecule has 2 amide bonds. The Balaban J connectivity index is 2.44. The second-order valence-electron chi connectivity index (χ2n) is 4.27. The van der Waals surface area contributed by atoms with Gasteiger partial charge in [-0.1, -0.05) is 11.6 Å². The molecule has 0 radical (unpaired) electrons. The second-order valence-corrected chi connectivity index (χ2v) is 5.53. The summed E-state index contributed by atoms with van der Waals surface area (Å²) in [5.41, 5.74) is 1.53. The van der Waals surface area contributed by atoms with Gasteiger partial charge in [0.25, 0.3) is 0 Å². The number of benzene rings is 1. The quantitative estimate of drug-likeness (QED) is 0.858. The van der Waals surface area contributed by atoms with Crippen LogP contribution in [0, 0.1) is 6.92 Å². The number of aryl methyl sites for hydroxylation is 1. The number of nitrogens with zero attached hydrogens (tertiary/aromatic N) is 1. The van der Waals surface area contributed by atoms with Gasteiger partial charge < -0.3 is 10.2 Å². The number of anilines is 1. The summed E-state index contributed by atoms with van der Waals surface area (Å²) in [5.74, 6) is -0.319. The van der Waals surface area contributed by atoms with Gasteiger partial charge in [0.2, 0.25) is 11.8 Å². The molecule has 0 saturated carbocycles. The number of nitrogens with one attached hydrogen (secondary N) is 1. The first kappa shape index (κ1) is 13.4. The van der Waals surface area contributed by atoms with E-state index in [4.69, 9.17) is 11.6 Å². The summed E-state index contributed by atoms with van der Waals surface area (Å²) < 4.78 is 0.750.